The second-order valence-electron chi connectivity index (χ2n) is 7.20. The van der Waals surface area contributed by atoms with Crippen LogP contribution in [-0.2, 0) is 9.59 Å². The molecule has 2 amide bonds. The molecule has 2 rings (SSSR count). The van der Waals surface area contributed by atoms with Crippen LogP contribution < -0.4 is 15.0 Å². The van der Waals surface area contributed by atoms with E-state index in [0.29, 0.717) is 18.1 Å². The third kappa shape index (κ3) is 4.99. The molecule has 1 aromatic carbocycles. The zero-order chi connectivity index (χ0) is 19.1. The number of para-hydroxylation sites is 2. The van der Waals surface area contributed by atoms with Gasteiger partial charge in [0.2, 0.25) is 5.91 Å². The molecule has 2 atom stereocenters. The lowest BCUT2D eigenvalue weighted by molar-refractivity contribution is -0.129. The van der Waals surface area contributed by atoms with Gasteiger partial charge in [-0.05, 0) is 30.9 Å². The first-order valence-electron chi connectivity index (χ1n) is 9.86. The molecule has 0 saturated heterocycles. The van der Waals surface area contributed by atoms with Crippen LogP contribution in [0.25, 0.3) is 0 Å². The summed E-state index contributed by atoms with van der Waals surface area (Å²) in [6, 6.07) is 7.59. The van der Waals surface area contributed by atoms with E-state index in [1.165, 1.54) is 0 Å². The maximum absolute atomic E-state index is 12.9. The molecule has 0 fully saturated rings. The van der Waals surface area contributed by atoms with E-state index in [1.807, 2.05) is 24.3 Å². The number of amides is 2. The molecule has 2 unspecified atom stereocenters. The van der Waals surface area contributed by atoms with Crippen molar-refractivity contribution in [3.05, 3.63) is 24.3 Å². The van der Waals surface area contributed by atoms with Gasteiger partial charge in [0, 0.05) is 12.5 Å². The molecule has 0 spiro atoms. The molecule has 0 radical (unpaired) electrons. The van der Waals surface area contributed by atoms with Gasteiger partial charge in [-0.25, -0.2) is 0 Å². The van der Waals surface area contributed by atoms with E-state index in [9.17, 15) is 9.59 Å². The van der Waals surface area contributed by atoms with E-state index in [4.69, 9.17) is 4.74 Å². The highest BCUT2D eigenvalue weighted by Crippen LogP contribution is 2.34. The van der Waals surface area contributed by atoms with Gasteiger partial charge >= 0.3 is 0 Å². The number of benzene rings is 1. The molecule has 5 nitrogen and oxygen atoms in total. The van der Waals surface area contributed by atoms with Gasteiger partial charge in [0.1, 0.15) is 5.75 Å². The van der Waals surface area contributed by atoms with E-state index in [2.05, 4.69) is 33.0 Å². The summed E-state index contributed by atoms with van der Waals surface area (Å²) in [7, 11) is 0. The van der Waals surface area contributed by atoms with Crippen LogP contribution in [-0.4, -0.2) is 30.5 Å². The number of hydrogen-bond donors (Lipinski definition) is 1. The Morgan fingerprint density at radius 3 is 2.58 bits per heavy atom. The molecule has 26 heavy (non-hydrogen) atoms. The van der Waals surface area contributed by atoms with E-state index >= 15 is 0 Å². The topological polar surface area (TPSA) is 58.6 Å². The second-order valence-corrected chi connectivity index (χ2v) is 7.20. The Hall–Kier alpha value is -2.04. The first-order chi connectivity index (χ1) is 12.5. The van der Waals surface area contributed by atoms with Gasteiger partial charge in [-0.3, -0.25) is 9.59 Å². The van der Waals surface area contributed by atoms with Gasteiger partial charge in [0.25, 0.3) is 5.91 Å². The summed E-state index contributed by atoms with van der Waals surface area (Å²) in [6.45, 7) is 8.60. The Bertz CT molecular complexity index is 613. The number of carbonyl (C=O) groups excluding carboxylic acids is 2. The summed E-state index contributed by atoms with van der Waals surface area (Å²) >= 11 is 0. The zero-order valence-electron chi connectivity index (χ0n) is 16.5. The van der Waals surface area contributed by atoms with Crippen LogP contribution in [0, 0.1) is 5.92 Å². The Labute approximate surface area is 157 Å². The van der Waals surface area contributed by atoms with Crippen molar-refractivity contribution in [2.75, 3.05) is 11.4 Å². The van der Waals surface area contributed by atoms with Crippen molar-refractivity contribution in [2.45, 2.75) is 71.9 Å². The molecule has 1 N–H and O–H groups in total. The Morgan fingerprint density at radius 1 is 1.23 bits per heavy atom. The summed E-state index contributed by atoms with van der Waals surface area (Å²) in [6.07, 6.45) is 3.66. The van der Waals surface area contributed by atoms with Crippen LogP contribution >= 0.6 is 0 Å². The average Bonchev–Trinajstić information content (AvgIpc) is 2.64. The lowest BCUT2D eigenvalue weighted by Gasteiger charge is -2.35. The molecule has 0 saturated carbocycles. The number of rotatable bonds is 8. The molecule has 144 valence electrons. The fraction of sp³-hybridized carbons (Fsp3) is 0.619. The summed E-state index contributed by atoms with van der Waals surface area (Å²) in [5, 5.41) is 3.04. The van der Waals surface area contributed by atoms with Crippen LogP contribution in [0.1, 0.15) is 59.8 Å². The summed E-state index contributed by atoms with van der Waals surface area (Å²) in [5.41, 5.74) is 0.757. The Morgan fingerprint density at radius 2 is 1.92 bits per heavy atom. The molecule has 1 aliphatic rings. The smallest absolute Gasteiger partial charge is 0.263 e. The molecule has 1 heterocycles. The fourth-order valence-electron chi connectivity index (χ4n) is 3.40. The van der Waals surface area contributed by atoms with Crippen molar-refractivity contribution in [2.24, 2.45) is 5.92 Å². The first-order valence-corrected chi connectivity index (χ1v) is 9.86. The maximum Gasteiger partial charge on any atom is 0.263 e. The lowest BCUT2D eigenvalue weighted by atomic mass is 10.0. The molecule has 5 heteroatoms. The normalized spacial score (nSPS) is 17.4. The van der Waals surface area contributed by atoms with Gasteiger partial charge in [0.15, 0.2) is 6.10 Å². The minimum absolute atomic E-state index is 0.0574. The third-order valence-electron chi connectivity index (χ3n) is 5.00. The summed E-state index contributed by atoms with van der Waals surface area (Å²) in [4.78, 5) is 27.3. The fourth-order valence-corrected chi connectivity index (χ4v) is 3.40. The number of carbonyl (C=O) groups is 2. The van der Waals surface area contributed by atoms with Crippen molar-refractivity contribution in [1.29, 1.82) is 0 Å². The van der Waals surface area contributed by atoms with Crippen LogP contribution in [0.2, 0.25) is 0 Å². The second kappa shape index (κ2) is 9.60. The minimum Gasteiger partial charge on any atom is -0.477 e. The summed E-state index contributed by atoms with van der Waals surface area (Å²) < 4.78 is 5.91. The Kier molecular flexibility index (Phi) is 7.49. The highest BCUT2D eigenvalue weighted by Gasteiger charge is 2.34. The minimum atomic E-state index is -0.670. The predicted octanol–water partition coefficient (Wildman–Crippen LogP) is 3.91. The average molecular weight is 360 g/mol. The van der Waals surface area contributed by atoms with Crippen molar-refractivity contribution >= 4 is 17.5 Å². The van der Waals surface area contributed by atoms with E-state index in [1.54, 1.807) is 4.90 Å². The number of ether oxygens (including phenoxy) is 1. The molecule has 1 aliphatic heterocycles. The maximum atomic E-state index is 12.9. The van der Waals surface area contributed by atoms with Gasteiger partial charge in [-0.1, -0.05) is 52.7 Å². The van der Waals surface area contributed by atoms with E-state index in [-0.39, 0.29) is 24.4 Å². The zero-order valence-corrected chi connectivity index (χ0v) is 16.5. The van der Waals surface area contributed by atoms with Crippen molar-refractivity contribution < 1.29 is 14.3 Å². The largest absolute Gasteiger partial charge is 0.477 e. The van der Waals surface area contributed by atoms with Gasteiger partial charge in [-0.15, -0.1) is 0 Å². The highest BCUT2D eigenvalue weighted by molar-refractivity contribution is 5.97. The predicted molar refractivity (Wildman–Crippen MR) is 104 cm³/mol. The van der Waals surface area contributed by atoms with Gasteiger partial charge in [-0.2, -0.15) is 0 Å². The number of anilines is 1. The quantitative estimate of drug-likeness (QED) is 0.764. The molecule has 0 aromatic heterocycles. The molecule has 0 bridgehead atoms. The van der Waals surface area contributed by atoms with Crippen LogP contribution in [0.5, 0.6) is 5.75 Å². The van der Waals surface area contributed by atoms with Crippen LogP contribution in [0.3, 0.4) is 0 Å². The van der Waals surface area contributed by atoms with Crippen LogP contribution in [0.4, 0.5) is 5.69 Å². The molecular formula is C21H32N2O3. The Balaban J connectivity index is 2.16. The van der Waals surface area contributed by atoms with Gasteiger partial charge in [0.05, 0.1) is 12.2 Å². The number of hydrogen-bond acceptors (Lipinski definition) is 3. The van der Waals surface area contributed by atoms with Crippen LogP contribution in [0.15, 0.2) is 24.3 Å². The van der Waals surface area contributed by atoms with Crippen molar-refractivity contribution in [3.8, 4) is 5.75 Å². The van der Waals surface area contributed by atoms with Crippen molar-refractivity contribution in [1.82, 2.24) is 5.32 Å². The number of nitrogens with one attached hydrogen (secondary N) is 1. The molecular weight excluding hydrogens is 328 g/mol. The monoisotopic (exact) mass is 360 g/mol. The highest BCUT2D eigenvalue weighted by atomic mass is 16.5. The van der Waals surface area contributed by atoms with E-state index in [0.717, 1.165) is 31.4 Å². The van der Waals surface area contributed by atoms with Crippen molar-refractivity contribution in [3.63, 3.8) is 0 Å². The standard InChI is InChI=1S/C21H32N2O3/c1-5-10-15(4)13-20(24)23-14-19(21(25)22-16(6-2)7-3)26-18-12-9-8-11-17(18)23/h8-9,11-12,15-16,19H,5-7,10,13-14H2,1-4H3,(H,22,25). The number of fused-ring (bicyclic) bond motifs is 1. The van der Waals surface area contributed by atoms with E-state index < -0.39 is 6.10 Å². The van der Waals surface area contributed by atoms with Gasteiger partial charge < -0.3 is 15.0 Å². The first kappa shape index (κ1) is 20.3. The molecule has 0 aliphatic carbocycles. The summed E-state index contributed by atoms with van der Waals surface area (Å²) in [5.74, 6) is 0.842. The number of nitrogens with zero attached hydrogens (tertiary/aromatic N) is 1. The third-order valence-corrected chi connectivity index (χ3v) is 5.00. The molecule has 1 aromatic rings. The SMILES string of the molecule is CCCC(C)CC(=O)N1CC(C(=O)NC(CC)CC)Oc2ccccc21. The lowest BCUT2D eigenvalue weighted by Crippen LogP contribution is -2.52.